The Bertz CT molecular complexity index is 1510. The van der Waals surface area contributed by atoms with Crippen molar-refractivity contribution in [2.45, 2.75) is 0 Å². The van der Waals surface area contributed by atoms with Gasteiger partial charge in [0.25, 0.3) is 0 Å². The van der Waals surface area contributed by atoms with Gasteiger partial charge >= 0.3 is 0 Å². The van der Waals surface area contributed by atoms with Crippen molar-refractivity contribution in [2.75, 3.05) is 11.9 Å². The summed E-state index contributed by atoms with van der Waals surface area (Å²) in [4.78, 5) is 0. The van der Waals surface area contributed by atoms with Crippen LogP contribution < -0.4 is 10.6 Å². The van der Waals surface area contributed by atoms with E-state index < -0.39 is 0 Å². The van der Waals surface area contributed by atoms with Crippen molar-refractivity contribution >= 4 is 48.6 Å². The molecule has 0 saturated heterocycles. The minimum atomic E-state index is 0.857. The molecule has 6 rings (SSSR count). The number of nitrogens with one attached hydrogen (secondary N) is 2. The summed E-state index contributed by atoms with van der Waals surface area (Å²) in [6.07, 6.45) is 6.35. The average Bonchev–Trinajstić information content (AvgIpc) is 3.23. The normalized spacial score (nSPS) is 13.2. The molecule has 0 spiro atoms. The quantitative estimate of drug-likeness (QED) is 0.302. The second-order valence-electron chi connectivity index (χ2n) is 7.95. The lowest BCUT2D eigenvalue weighted by Crippen LogP contribution is -2.15. The van der Waals surface area contributed by atoms with Crippen LogP contribution in [0.2, 0.25) is 0 Å². The van der Waals surface area contributed by atoms with Gasteiger partial charge in [0.15, 0.2) is 0 Å². The zero-order chi connectivity index (χ0) is 21.3. The maximum atomic E-state index is 3.64. The molecule has 0 bridgehead atoms. The van der Waals surface area contributed by atoms with Gasteiger partial charge in [-0.15, -0.1) is 11.3 Å². The van der Waals surface area contributed by atoms with Gasteiger partial charge in [-0.2, -0.15) is 0 Å². The van der Waals surface area contributed by atoms with E-state index in [1.54, 1.807) is 0 Å². The van der Waals surface area contributed by atoms with Crippen LogP contribution in [0.25, 0.3) is 37.0 Å². The molecule has 0 fully saturated rings. The van der Waals surface area contributed by atoms with Crippen LogP contribution in [0.3, 0.4) is 0 Å². The van der Waals surface area contributed by atoms with Crippen molar-refractivity contribution in [3.63, 3.8) is 0 Å². The van der Waals surface area contributed by atoms with Crippen LogP contribution in [-0.4, -0.2) is 6.54 Å². The van der Waals surface area contributed by atoms with Gasteiger partial charge in [0.1, 0.15) is 0 Å². The number of fused-ring (bicyclic) bond motifs is 3. The molecule has 3 heteroatoms. The fourth-order valence-electron chi connectivity index (χ4n) is 4.31. The first-order valence-corrected chi connectivity index (χ1v) is 11.7. The lowest BCUT2D eigenvalue weighted by molar-refractivity contribution is 0.996. The monoisotopic (exact) mass is 430 g/mol. The molecule has 2 N–H and O–H groups in total. The third-order valence-corrected chi connectivity index (χ3v) is 7.03. The molecule has 0 amide bonds. The van der Waals surface area contributed by atoms with Crippen LogP contribution in [-0.2, 0) is 0 Å². The van der Waals surface area contributed by atoms with Crippen LogP contribution in [0.15, 0.2) is 109 Å². The molecule has 1 aromatic heterocycles. The van der Waals surface area contributed by atoms with Gasteiger partial charge in [0.05, 0.1) is 0 Å². The van der Waals surface area contributed by atoms with Gasteiger partial charge in [-0.05, 0) is 53.6 Å². The Morgan fingerprint density at radius 1 is 0.719 bits per heavy atom. The lowest BCUT2D eigenvalue weighted by atomic mass is 10.0. The van der Waals surface area contributed by atoms with E-state index in [0.29, 0.717) is 0 Å². The zero-order valence-electron chi connectivity index (χ0n) is 17.5. The first kappa shape index (κ1) is 18.9. The Morgan fingerprint density at radius 3 is 2.50 bits per heavy atom. The molecular formula is C29H22N2S. The van der Waals surface area contributed by atoms with E-state index in [4.69, 9.17) is 0 Å². The molecule has 154 valence electrons. The Kier molecular flexibility index (Phi) is 4.74. The molecule has 0 aliphatic carbocycles. The fourth-order valence-corrected chi connectivity index (χ4v) is 5.40. The lowest BCUT2D eigenvalue weighted by Gasteiger charge is -2.17. The van der Waals surface area contributed by atoms with E-state index in [2.05, 4.69) is 120 Å². The molecule has 1 aliphatic heterocycles. The van der Waals surface area contributed by atoms with Crippen LogP contribution in [0.4, 0.5) is 11.4 Å². The molecule has 2 heterocycles. The first-order chi connectivity index (χ1) is 15.8. The highest BCUT2D eigenvalue weighted by Gasteiger charge is 2.10. The van der Waals surface area contributed by atoms with Crippen molar-refractivity contribution in [2.24, 2.45) is 0 Å². The summed E-state index contributed by atoms with van der Waals surface area (Å²) in [5, 5.41) is 9.76. The smallest absolute Gasteiger partial charge is 0.0478 e. The molecule has 0 saturated carbocycles. The van der Waals surface area contributed by atoms with Gasteiger partial charge < -0.3 is 10.6 Å². The molecule has 0 radical (unpaired) electrons. The number of benzene rings is 4. The van der Waals surface area contributed by atoms with Crippen molar-refractivity contribution in [1.82, 2.24) is 5.32 Å². The van der Waals surface area contributed by atoms with Crippen LogP contribution >= 0.6 is 11.3 Å². The van der Waals surface area contributed by atoms with Crippen molar-refractivity contribution in [1.29, 1.82) is 0 Å². The third-order valence-electron chi connectivity index (χ3n) is 5.88. The Morgan fingerprint density at radius 2 is 1.56 bits per heavy atom. The summed E-state index contributed by atoms with van der Waals surface area (Å²) in [5.41, 5.74) is 6.94. The number of dihydropyridines is 1. The van der Waals surface area contributed by atoms with Gasteiger partial charge in [0.2, 0.25) is 0 Å². The van der Waals surface area contributed by atoms with Crippen LogP contribution in [0.5, 0.6) is 0 Å². The van der Waals surface area contributed by atoms with Crippen molar-refractivity contribution in [3.05, 3.63) is 115 Å². The van der Waals surface area contributed by atoms with E-state index in [1.165, 1.54) is 36.9 Å². The summed E-state index contributed by atoms with van der Waals surface area (Å²) in [6.45, 7) is 0.857. The number of allylic oxidation sites excluding steroid dienone is 2. The van der Waals surface area contributed by atoms with Crippen molar-refractivity contribution < 1.29 is 0 Å². The number of thiophene rings is 1. The van der Waals surface area contributed by atoms with E-state index in [9.17, 15) is 0 Å². The highest BCUT2D eigenvalue weighted by molar-refractivity contribution is 7.25. The number of anilines is 2. The van der Waals surface area contributed by atoms with Gasteiger partial charge in [-0.25, -0.2) is 0 Å². The standard InChI is InChI=1S/C29H22N2S/c1-3-13-27(24(11-1)26-12-5-6-17-30-26)31-22-9-7-8-20(18-22)21-15-16-29-25(19-21)23-10-2-4-14-28(23)32-29/h1-16,18-19,30-31H,17H2. The molecule has 5 aromatic rings. The highest BCUT2D eigenvalue weighted by Crippen LogP contribution is 2.37. The third kappa shape index (κ3) is 3.47. The average molecular weight is 431 g/mol. The number of para-hydroxylation sites is 1. The molecule has 0 unspecified atom stereocenters. The SMILES string of the molecule is C1=CCNC(c2ccccc2Nc2cccc(-c3ccc4sc5ccccc5c4c3)c2)=C1. The predicted molar refractivity (Wildman–Crippen MR) is 140 cm³/mol. The van der Waals surface area contributed by atoms with E-state index in [-0.39, 0.29) is 0 Å². The summed E-state index contributed by atoms with van der Waals surface area (Å²) >= 11 is 1.86. The topological polar surface area (TPSA) is 24.1 Å². The van der Waals surface area contributed by atoms with E-state index in [0.717, 1.165) is 23.6 Å². The van der Waals surface area contributed by atoms with Crippen LogP contribution in [0.1, 0.15) is 5.56 Å². The Hall–Kier alpha value is -3.82. The number of rotatable bonds is 4. The number of hydrogen-bond acceptors (Lipinski definition) is 3. The predicted octanol–water partition coefficient (Wildman–Crippen LogP) is 7.97. The second-order valence-corrected chi connectivity index (χ2v) is 9.03. The van der Waals surface area contributed by atoms with Gasteiger partial charge in [-0.1, -0.05) is 66.7 Å². The first-order valence-electron chi connectivity index (χ1n) is 10.8. The minimum absolute atomic E-state index is 0.857. The van der Waals surface area contributed by atoms with Crippen molar-refractivity contribution in [3.8, 4) is 11.1 Å². The molecular weight excluding hydrogens is 408 g/mol. The molecule has 1 aliphatic rings. The summed E-state index contributed by atoms with van der Waals surface area (Å²) in [5.74, 6) is 0. The molecule has 2 nitrogen and oxygen atoms in total. The zero-order valence-corrected chi connectivity index (χ0v) is 18.3. The summed E-state index contributed by atoms with van der Waals surface area (Å²) in [7, 11) is 0. The Labute approximate surface area is 191 Å². The minimum Gasteiger partial charge on any atom is -0.381 e. The van der Waals surface area contributed by atoms with Gasteiger partial charge in [0, 0.05) is 49.4 Å². The summed E-state index contributed by atoms with van der Waals surface area (Å²) < 4.78 is 2.67. The second kappa shape index (κ2) is 8.03. The molecule has 0 atom stereocenters. The molecule has 32 heavy (non-hydrogen) atoms. The molecule has 4 aromatic carbocycles. The van der Waals surface area contributed by atoms with Crippen LogP contribution in [0, 0.1) is 0 Å². The number of hydrogen-bond donors (Lipinski definition) is 2. The highest BCUT2D eigenvalue weighted by atomic mass is 32.1. The summed E-state index contributed by atoms with van der Waals surface area (Å²) in [6, 6.07) is 32.6. The Balaban J connectivity index is 1.36. The maximum absolute atomic E-state index is 3.64. The van der Waals surface area contributed by atoms with E-state index in [1.807, 2.05) is 11.3 Å². The fraction of sp³-hybridized carbons (Fsp3) is 0.0345. The maximum Gasteiger partial charge on any atom is 0.0478 e. The van der Waals surface area contributed by atoms with E-state index >= 15 is 0 Å². The van der Waals surface area contributed by atoms with Gasteiger partial charge in [-0.3, -0.25) is 0 Å². The largest absolute Gasteiger partial charge is 0.381 e.